The highest BCUT2D eigenvalue weighted by Gasteiger charge is 2.24. The Morgan fingerprint density at radius 3 is 2.50 bits per heavy atom. The number of halogens is 2. The van der Waals surface area contributed by atoms with Crippen LogP contribution in [0.4, 0.5) is 4.39 Å². The highest BCUT2D eigenvalue weighted by molar-refractivity contribution is 14.0. The van der Waals surface area contributed by atoms with Crippen LogP contribution >= 0.6 is 35.3 Å². The number of rotatable bonds is 6. The molecule has 1 aromatic carbocycles. The Labute approximate surface area is 176 Å². The van der Waals surface area contributed by atoms with Gasteiger partial charge in [0.2, 0.25) is 0 Å². The van der Waals surface area contributed by atoms with E-state index in [-0.39, 0.29) is 35.2 Å². The topological polar surface area (TPSA) is 49.3 Å². The van der Waals surface area contributed by atoms with E-state index >= 15 is 0 Å². The average Bonchev–Trinajstić information content (AvgIpc) is 2.89. The summed E-state index contributed by atoms with van der Waals surface area (Å²) in [6.07, 6.45) is 0.858. The van der Waals surface area contributed by atoms with Crippen molar-refractivity contribution in [3.05, 3.63) is 51.2 Å². The van der Waals surface area contributed by atoms with E-state index in [1.807, 2.05) is 32.9 Å². The van der Waals surface area contributed by atoms with Crippen LogP contribution in [0.15, 0.2) is 29.3 Å². The lowest BCUT2D eigenvalue weighted by atomic mass is 9.84. The summed E-state index contributed by atoms with van der Waals surface area (Å²) in [5.41, 5.74) is 1.47. The Bertz CT molecular complexity index is 723. The summed E-state index contributed by atoms with van der Waals surface area (Å²) < 4.78 is 14.0. The second kappa shape index (κ2) is 10.2. The zero-order valence-corrected chi connectivity index (χ0v) is 19.2. The number of hydrogen-bond donors (Lipinski definition) is 2. The van der Waals surface area contributed by atoms with Gasteiger partial charge in [0, 0.05) is 36.9 Å². The van der Waals surface area contributed by atoms with Gasteiger partial charge in [0.05, 0.1) is 10.7 Å². The van der Waals surface area contributed by atoms with Gasteiger partial charge < -0.3 is 10.6 Å². The fourth-order valence-electron chi connectivity index (χ4n) is 2.56. The number of aryl methyl sites for hydroxylation is 2. The molecule has 0 saturated heterocycles. The van der Waals surface area contributed by atoms with Crippen molar-refractivity contribution in [1.29, 1.82) is 0 Å². The zero-order chi connectivity index (χ0) is 18.4. The highest BCUT2D eigenvalue weighted by Crippen LogP contribution is 2.24. The molecule has 1 heterocycles. The van der Waals surface area contributed by atoms with E-state index in [1.54, 1.807) is 24.5 Å². The van der Waals surface area contributed by atoms with Crippen LogP contribution in [-0.4, -0.2) is 31.1 Å². The lowest BCUT2D eigenvalue weighted by Gasteiger charge is -2.27. The largest absolute Gasteiger partial charge is 0.356 e. The third-order valence-corrected chi connectivity index (χ3v) is 5.36. The highest BCUT2D eigenvalue weighted by atomic mass is 127. The Balaban J connectivity index is 0.00000338. The summed E-state index contributed by atoms with van der Waals surface area (Å²) >= 11 is 1.74. The number of aliphatic imine (C=N–C) groups is 1. The molecule has 1 aromatic heterocycles. The predicted octanol–water partition coefficient (Wildman–Crippen LogP) is 4.20. The van der Waals surface area contributed by atoms with Crippen LogP contribution in [0.2, 0.25) is 0 Å². The Morgan fingerprint density at radius 1 is 1.23 bits per heavy atom. The normalized spacial score (nSPS) is 11.8. The standard InChI is InChI=1S/C19H27FN4S.HI/c1-13-14(2)25-17(24-13)10-11-22-18(21-5)23-12-19(3,4)15-8-6-7-9-16(15)20;/h6-9H,10-12H2,1-5H3,(H2,21,22,23);1H. The van der Waals surface area contributed by atoms with Crippen molar-refractivity contribution in [1.82, 2.24) is 15.6 Å². The van der Waals surface area contributed by atoms with Crippen molar-refractivity contribution in [2.24, 2.45) is 4.99 Å². The van der Waals surface area contributed by atoms with E-state index in [2.05, 4.69) is 27.5 Å². The number of hydrogen-bond acceptors (Lipinski definition) is 3. The van der Waals surface area contributed by atoms with E-state index in [0.29, 0.717) is 12.1 Å². The minimum atomic E-state index is -0.341. The van der Waals surface area contributed by atoms with E-state index in [1.165, 1.54) is 10.9 Å². The van der Waals surface area contributed by atoms with Gasteiger partial charge in [-0.15, -0.1) is 35.3 Å². The first-order valence-electron chi connectivity index (χ1n) is 8.46. The Hall–Kier alpha value is -1.22. The maximum atomic E-state index is 14.0. The van der Waals surface area contributed by atoms with Crippen LogP contribution in [0, 0.1) is 19.7 Å². The summed E-state index contributed by atoms with van der Waals surface area (Å²) in [6.45, 7) is 9.51. The van der Waals surface area contributed by atoms with Gasteiger partial charge in [-0.3, -0.25) is 4.99 Å². The second-order valence-electron chi connectivity index (χ2n) is 6.72. The van der Waals surface area contributed by atoms with Crippen molar-refractivity contribution in [2.45, 2.75) is 39.5 Å². The number of nitrogens with zero attached hydrogens (tertiary/aromatic N) is 2. The quantitative estimate of drug-likeness (QED) is 0.363. The van der Waals surface area contributed by atoms with Gasteiger partial charge in [0.15, 0.2) is 5.96 Å². The first-order chi connectivity index (χ1) is 11.8. The van der Waals surface area contributed by atoms with Crippen LogP contribution in [0.5, 0.6) is 0 Å². The minimum absolute atomic E-state index is 0. The van der Waals surface area contributed by atoms with Gasteiger partial charge in [0.25, 0.3) is 0 Å². The van der Waals surface area contributed by atoms with Gasteiger partial charge in [0.1, 0.15) is 5.82 Å². The minimum Gasteiger partial charge on any atom is -0.356 e. The van der Waals surface area contributed by atoms with Crippen molar-refractivity contribution in [3.8, 4) is 0 Å². The number of nitrogens with one attached hydrogen (secondary N) is 2. The molecule has 0 aliphatic rings. The molecule has 0 aliphatic heterocycles. The average molecular weight is 490 g/mol. The van der Waals surface area contributed by atoms with Crippen LogP contribution < -0.4 is 10.6 Å². The van der Waals surface area contributed by atoms with Crippen LogP contribution in [-0.2, 0) is 11.8 Å². The van der Waals surface area contributed by atoms with E-state index < -0.39 is 0 Å². The Morgan fingerprint density at radius 2 is 1.92 bits per heavy atom. The van der Waals surface area contributed by atoms with E-state index in [0.717, 1.165) is 29.6 Å². The molecule has 0 saturated carbocycles. The van der Waals surface area contributed by atoms with Crippen molar-refractivity contribution >= 4 is 41.3 Å². The maximum Gasteiger partial charge on any atom is 0.191 e. The first kappa shape index (κ1) is 22.8. The van der Waals surface area contributed by atoms with Crippen LogP contribution in [0.1, 0.15) is 35.0 Å². The van der Waals surface area contributed by atoms with Gasteiger partial charge in [-0.05, 0) is 25.5 Å². The molecule has 0 radical (unpaired) electrons. The molecule has 0 bridgehead atoms. The van der Waals surface area contributed by atoms with Gasteiger partial charge in [-0.25, -0.2) is 9.37 Å². The molecule has 0 unspecified atom stereocenters. The molecule has 0 amide bonds. The smallest absolute Gasteiger partial charge is 0.191 e. The summed E-state index contributed by atoms with van der Waals surface area (Å²) in [4.78, 5) is 10.1. The number of guanidine groups is 1. The van der Waals surface area contributed by atoms with Crippen molar-refractivity contribution in [2.75, 3.05) is 20.1 Å². The molecule has 2 N–H and O–H groups in total. The lowest BCUT2D eigenvalue weighted by Crippen LogP contribution is -2.44. The summed E-state index contributed by atoms with van der Waals surface area (Å²) in [5, 5.41) is 7.72. The number of thiazole rings is 1. The molecule has 7 heteroatoms. The lowest BCUT2D eigenvalue weighted by molar-refractivity contribution is 0.473. The van der Waals surface area contributed by atoms with Gasteiger partial charge >= 0.3 is 0 Å². The molecule has 144 valence electrons. The monoisotopic (exact) mass is 490 g/mol. The summed E-state index contributed by atoms with van der Waals surface area (Å²) in [6, 6.07) is 6.92. The number of aromatic nitrogens is 1. The third kappa shape index (κ3) is 6.19. The van der Waals surface area contributed by atoms with Crippen LogP contribution in [0.3, 0.4) is 0 Å². The van der Waals surface area contributed by atoms with Crippen molar-refractivity contribution < 1.29 is 4.39 Å². The summed E-state index contributed by atoms with van der Waals surface area (Å²) in [7, 11) is 1.74. The van der Waals surface area contributed by atoms with E-state index in [9.17, 15) is 4.39 Å². The molecular formula is C19H28FIN4S. The molecular weight excluding hydrogens is 462 g/mol. The molecule has 2 aromatic rings. The van der Waals surface area contributed by atoms with Crippen LogP contribution in [0.25, 0.3) is 0 Å². The van der Waals surface area contributed by atoms with E-state index in [4.69, 9.17) is 0 Å². The molecule has 0 atom stereocenters. The van der Waals surface area contributed by atoms with Gasteiger partial charge in [-0.1, -0.05) is 32.0 Å². The molecule has 0 spiro atoms. The Kier molecular flexibility index (Phi) is 8.95. The number of benzene rings is 1. The third-order valence-electron chi connectivity index (χ3n) is 4.23. The molecule has 0 fully saturated rings. The molecule has 0 aliphatic carbocycles. The van der Waals surface area contributed by atoms with Crippen molar-refractivity contribution in [3.63, 3.8) is 0 Å². The molecule has 4 nitrogen and oxygen atoms in total. The summed E-state index contributed by atoms with van der Waals surface area (Å²) in [5.74, 6) is 0.543. The molecule has 26 heavy (non-hydrogen) atoms. The predicted molar refractivity (Wildman–Crippen MR) is 119 cm³/mol. The first-order valence-corrected chi connectivity index (χ1v) is 9.27. The fourth-order valence-corrected chi connectivity index (χ4v) is 3.50. The zero-order valence-electron chi connectivity index (χ0n) is 16.0. The maximum absolute atomic E-state index is 14.0. The molecule has 2 rings (SSSR count). The van der Waals surface area contributed by atoms with Gasteiger partial charge in [-0.2, -0.15) is 0 Å². The second-order valence-corrected chi connectivity index (χ2v) is 8.00. The SMILES string of the molecule is CN=C(NCCc1nc(C)c(C)s1)NCC(C)(C)c1ccccc1F.I. The fraction of sp³-hybridized carbons (Fsp3) is 0.474.